The van der Waals surface area contributed by atoms with Gasteiger partial charge >= 0.3 is 0 Å². The smallest absolute Gasteiger partial charge is 0.137 e. The zero-order valence-corrected chi connectivity index (χ0v) is 17.0. The summed E-state index contributed by atoms with van der Waals surface area (Å²) >= 11 is 0. The average Bonchev–Trinajstić information content (AvgIpc) is 2.71. The lowest BCUT2D eigenvalue weighted by molar-refractivity contribution is 0.304. The molecule has 27 heavy (non-hydrogen) atoms. The van der Waals surface area contributed by atoms with Crippen molar-refractivity contribution in [3.63, 3.8) is 0 Å². The van der Waals surface area contributed by atoms with Crippen LogP contribution in [0.25, 0.3) is 0 Å². The van der Waals surface area contributed by atoms with E-state index in [1.54, 1.807) is 6.20 Å². The Hall–Kier alpha value is -2.27. The molecule has 2 heteroatoms. The van der Waals surface area contributed by atoms with Crippen molar-refractivity contribution in [1.82, 2.24) is 4.98 Å². The fraction of sp³-hybridized carbons (Fsp3) is 0.480. The van der Waals surface area contributed by atoms with Crippen molar-refractivity contribution in [1.29, 1.82) is 0 Å². The molecular weight excluding hydrogens is 330 g/mol. The lowest BCUT2D eigenvalue weighted by Gasteiger charge is -2.05. The Kier molecular flexibility index (Phi) is 10.1. The maximum Gasteiger partial charge on any atom is 0.137 e. The second-order valence-electron chi connectivity index (χ2n) is 7.05. The van der Waals surface area contributed by atoms with Crippen LogP contribution in [0.2, 0.25) is 0 Å². The number of unbranched alkanes of at least 4 members (excludes halogenated alkanes) is 6. The summed E-state index contributed by atoms with van der Waals surface area (Å²) in [7, 11) is 0. The molecule has 2 aromatic rings. The quantitative estimate of drug-likeness (QED) is 0.333. The Balaban J connectivity index is 1.79. The maximum atomic E-state index is 5.72. The van der Waals surface area contributed by atoms with Crippen molar-refractivity contribution in [2.24, 2.45) is 0 Å². The van der Waals surface area contributed by atoms with Gasteiger partial charge in [0.15, 0.2) is 0 Å². The largest absolute Gasteiger partial charge is 0.492 e. The van der Waals surface area contributed by atoms with E-state index in [4.69, 9.17) is 4.74 Å². The SMILES string of the molecule is CCCCCCOc1ccc(C#Cc2ccc(CCCCCC)cc2)nc1. The van der Waals surface area contributed by atoms with E-state index >= 15 is 0 Å². The molecule has 0 saturated carbocycles. The Morgan fingerprint density at radius 1 is 0.778 bits per heavy atom. The third kappa shape index (κ3) is 8.78. The molecule has 0 saturated heterocycles. The first-order valence-electron chi connectivity index (χ1n) is 10.5. The predicted octanol–water partition coefficient (Wildman–Crippen LogP) is 6.56. The Morgan fingerprint density at radius 3 is 2.19 bits per heavy atom. The number of nitrogens with zero attached hydrogens (tertiary/aromatic N) is 1. The molecule has 2 rings (SSSR count). The van der Waals surface area contributed by atoms with Crippen LogP contribution in [0.15, 0.2) is 42.6 Å². The normalized spacial score (nSPS) is 10.3. The lowest BCUT2D eigenvalue weighted by atomic mass is 10.0. The van der Waals surface area contributed by atoms with Crippen LogP contribution in [0.3, 0.4) is 0 Å². The molecule has 0 radical (unpaired) electrons. The second-order valence-corrected chi connectivity index (χ2v) is 7.05. The van der Waals surface area contributed by atoms with Gasteiger partial charge in [-0.05, 0) is 55.0 Å². The van der Waals surface area contributed by atoms with Gasteiger partial charge < -0.3 is 4.74 Å². The minimum Gasteiger partial charge on any atom is -0.492 e. The average molecular weight is 364 g/mol. The van der Waals surface area contributed by atoms with Crippen molar-refractivity contribution in [2.75, 3.05) is 6.61 Å². The number of hydrogen-bond acceptors (Lipinski definition) is 2. The molecule has 0 aliphatic carbocycles. The molecule has 0 amide bonds. The summed E-state index contributed by atoms with van der Waals surface area (Å²) in [5, 5.41) is 0. The van der Waals surface area contributed by atoms with Gasteiger partial charge in [0.25, 0.3) is 0 Å². The number of benzene rings is 1. The number of pyridine rings is 1. The number of aryl methyl sites for hydroxylation is 1. The van der Waals surface area contributed by atoms with E-state index in [1.165, 1.54) is 50.5 Å². The van der Waals surface area contributed by atoms with Gasteiger partial charge in [0, 0.05) is 5.56 Å². The molecule has 0 atom stereocenters. The van der Waals surface area contributed by atoms with Gasteiger partial charge in [-0.1, -0.05) is 70.4 Å². The van der Waals surface area contributed by atoms with Crippen LogP contribution in [0.1, 0.15) is 82.0 Å². The molecular formula is C25H33NO. The van der Waals surface area contributed by atoms with Gasteiger partial charge in [0.1, 0.15) is 11.4 Å². The summed E-state index contributed by atoms with van der Waals surface area (Å²) in [4.78, 5) is 4.39. The van der Waals surface area contributed by atoms with Crippen molar-refractivity contribution < 1.29 is 4.74 Å². The van der Waals surface area contributed by atoms with E-state index in [0.717, 1.165) is 36.5 Å². The number of rotatable bonds is 11. The summed E-state index contributed by atoms with van der Waals surface area (Å²) < 4.78 is 5.72. The van der Waals surface area contributed by atoms with E-state index in [0.29, 0.717) is 0 Å². The minimum atomic E-state index is 0.761. The molecule has 1 aromatic heterocycles. The van der Waals surface area contributed by atoms with Crippen LogP contribution in [-0.4, -0.2) is 11.6 Å². The molecule has 144 valence electrons. The summed E-state index contributed by atoms with van der Waals surface area (Å²) in [6.45, 7) is 5.22. The van der Waals surface area contributed by atoms with Crippen LogP contribution in [0.5, 0.6) is 5.75 Å². The second kappa shape index (κ2) is 13.0. The molecule has 1 heterocycles. The highest BCUT2D eigenvalue weighted by atomic mass is 16.5. The topological polar surface area (TPSA) is 22.1 Å². The molecule has 0 bridgehead atoms. The first-order valence-corrected chi connectivity index (χ1v) is 10.5. The van der Waals surface area contributed by atoms with Crippen molar-refractivity contribution in [3.05, 3.63) is 59.4 Å². The van der Waals surface area contributed by atoms with Gasteiger partial charge in [-0.3, -0.25) is 0 Å². The maximum absolute atomic E-state index is 5.72. The van der Waals surface area contributed by atoms with Gasteiger partial charge in [0.2, 0.25) is 0 Å². The van der Waals surface area contributed by atoms with Gasteiger partial charge in [-0.15, -0.1) is 0 Å². The van der Waals surface area contributed by atoms with E-state index in [2.05, 4.69) is 54.9 Å². The number of ether oxygens (including phenoxy) is 1. The zero-order valence-electron chi connectivity index (χ0n) is 17.0. The fourth-order valence-corrected chi connectivity index (χ4v) is 2.91. The van der Waals surface area contributed by atoms with Crippen LogP contribution < -0.4 is 4.74 Å². The highest BCUT2D eigenvalue weighted by Gasteiger charge is 1.96. The summed E-state index contributed by atoms with van der Waals surface area (Å²) in [5.41, 5.74) is 3.21. The Bertz CT molecular complexity index is 692. The third-order valence-electron chi connectivity index (χ3n) is 4.61. The van der Waals surface area contributed by atoms with Crippen LogP contribution in [-0.2, 0) is 6.42 Å². The van der Waals surface area contributed by atoms with Gasteiger partial charge in [-0.25, -0.2) is 4.98 Å². The van der Waals surface area contributed by atoms with E-state index in [-0.39, 0.29) is 0 Å². The van der Waals surface area contributed by atoms with E-state index in [9.17, 15) is 0 Å². The van der Waals surface area contributed by atoms with Crippen molar-refractivity contribution in [2.45, 2.75) is 71.6 Å². The molecule has 2 nitrogen and oxygen atoms in total. The summed E-state index contributed by atoms with van der Waals surface area (Å²) in [6.07, 6.45) is 13.0. The third-order valence-corrected chi connectivity index (χ3v) is 4.61. The first-order chi connectivity index (χ1) is 13.3. The Morgan fingerprint density at radius 2 is 1.52 bits per heavy atom. The zero-order chi connectivity index (χ0) is 19.2. The van der Waals surface area contributed by atoms with Crippen molar-refractivity contribution >= 4 is 0 Å². The molecule has 0 aliphatic heterocycles. The van der Waals surface area contributed by atoms with Crippen LogP contribution >= 0.6 is 0 Å². The van der Waals surface area contributed by atoms with Gasteiger partial charge in [0.05, 0.1) is 12.8 Å². The van der Waals surface area contributed by atoms with Gasteiger partial charge in [-0.2, -0.15) is 0 Å². The Labute approximate surface area is 165 Å². The van der Waals surface area contributed by atoms with E-state index < -0.39 is 0 Å². The minimum absolute atomic E-state index is 0.761. The molecule has 0 spiro atoms. The molecule has 0 aliphatic rings. The monoisotopic (exact) mass is 363 g/mol. The predicted molar refractivity (Wildman–Crippen MR) is 114 cm³/mol. The number of aromatic nitrogens is 1. The summed E-state index contributed by atoms with van der Waals surface area (Å²) in [6, 6.07) is 12.5. The lowest BCUT2D eigenvalue weighted by Crippen LogP contribution is -1.97. The molecule has 0 N–H and O–H groups in total. The highest BCUT2D eigenvalue weighted by molar-refractivity contribution is 5.41. The summed E-state index contributed by atoms with van der Waals surface area (Å²) in [5.74, 6) is 7.16. The first kappa shape index (κ1) is 21.0. The molecule has 1 aromatic carbocycles. The molecule has 0 fully saturated rings. The van der Waals surface area contributed by atoms with Crippen LogP contribution in [0.4, 0.5) is 0 Å². The van der Waals surface area contributed by atoms with Crippen LogP contribution in [0, 0.1) is 11.8 Å². The highest BCUT2D eigenvalue weighted by Crippen LogP contribution is 2.11. The van der Waals surface area contributed by atoms with Crippen molar-refractivity contribution in [3.8, 4) is 17.6 Å². The fourth-order valence-electron chi connectivity index (χ4n) is 2.91. The van der Waals surface area contributed by atoms with E-state index in [1.807, 2.05) is 12.1 Å². The molecule has 0 unspecified atom stereocenters. The standard InChI is InChI=1S/C25H33NO/c1-3-5-7-9-11-22-12-14-23(15-13-22)16-17-24-18-19-25(21-26-24)27-20-10-8-6-4-2/h12-15,18-19,21H,3-11,20H2,1-2H3. The number of hydrogen-bond donors (Lipinski definition) is 0.